The molecule has 0 fully saturated rings. The van der Waals surface area contributed by atoms with Crippen LogP contribution in [0.5, 0.6) is 0 Å². The molecule has 1 N–H and O–H groups in total. The Morgan fingerprint density at radius 3 is 2.78 bits per heavy atom. The first-order chi connectivity index (χ1) is 8.60. The molecule has 0 spiro atoms. The summed E-state index contributed by atoms with van der Waals surface area (Å²) < 4.78 is 3.08. The number of aromatic nitrogens is 3. The smallest absolute Gasteiger partial charge is 0.258 e. The van der Waals surface area contributed by atoms with Crippen molar-refractivity contribution in [2.24, 2.45) is 7.05 Å². The molecule has 18 heavy (non-hydrogen) atoms. The molecule has 6 nitrogen and oxygen atoms in total. The maximum absolute atomic E-state index is 11.9. The van der Waals surface area contributed by atoms with Crippen LogP contribution in [-0.4, -0.2) is 20.3 Å². The summed E-state index contributed by atoms with van der Waals surface area (Å²) in [6.07, 6.45) is 4.74. The molecule has 1 amide bonds. The third kappa shape index (κ3) is 2.48. The molecule has 0 saturated heterocycles. The zero-order valence-corrected chi connectivity index (χ0v) is 10.3. The fourth-order valence-electron chi connectivity index (χ4n) is 1.59. The highest BCUT2D eigenvalue weighted by atomic mass is 16.1. The molecule has 0 bridgehead atoms. The summed E-state index contributed by atoms with van der Waals surface area (Å²) in [6.45, 7) is 2.43. The fraction of sp³-hybridized carbons (Fsp3) is 0.250. The number of pyridine rings is 1. The van der Waals surface area contributed by atoms with E-state index in [0.717, 1.165) is 0 Å². The van der Waals surface area contributed by atoms with E-state index in [-0.39, 0.29) is 11.5 Å². The number of carbonyl (C=O) groups excluding carboxylic acids is 1. The minimum atomic E-state index is -0.246. The molecule has 0 saturated carbocycles. The lowest BCUT2D eigenvalue weighted by atomic mass is 10.3. The molecule has 94 valence electrons. The summed E-state index contributed by atoms with van der Waals surface area (Å²) in [5.41, 5.74) is 0.980. The number of hydrogen-bond acceptors (Lipinski definition) is 3. The molecule has 6 heteroatoms. The first kappa shape index (κ1) is 12.1. The van der Waals surface area contributed by atoms with E-state index >= 15 is 0 Å². The van der Waals surface area contributed by atoms with Crippen molar-refractivity contribution in [2.45, 2.75) is 13.5 Å². The molecule has 2 rings (SSSR count). The van der Waals surface area contributed by atoms with Crippen molar-refractivity contribution in [3.63, 3.8) is 0 Å². The van der Waals surface area contributed by atoms with Gasteiger partial charge >= 0.3 is 0 Å². The Bertz CT molecular complexity index is 627. The summed E-state index contributed by atoms with van der Waals surface area (Å²) in [5.74, 6) is -0.246. The average molecular weight is 246 g/mol. The summed E-state index contributed by atoms with van der Waals surface area (Å²) in [7, 11) is 1.74. The van der Waals surface area contributed by atoms with Gasteiger partial charge in [0.15, 0.2) is 0 Å². The topological polar surface area (TPSA) is 68.9 Å². The highest BCUT2D eigenvalue weighted by molar-refractivity contribution is 6.03. The zero-order valence-electron chi connectivity index (χ0n) is 10.3. The zero-order chi connectivity index (χ0) is 13.1. The second-order valence-electron chi connectivity index (χ2n) is 3.90. The van der Waals surface area contributed by atoms with Gasteiger partial charge in [-0.25, -0.2) is 0 Å². The van der Waals surface area contributed by atoms with Gasteiger partial charge in [-0.1, -0.05) is 0 Å². The monoisotopic (exact) mass is 246 g/mol. The summed E-state index contributed by atoms with van der Waals surface area (Å²) in [5, 5.41) is 6.65. The molecular formula is C12H14N4O2. The highest BCUT2D eigenvalue weighted by Gasteiger charge is 2.08. The lowest BCUT2D eigenvalue weighted by molar-refractivity contribution is 0.102. The van der Waals surface area contributed by atoms with Crippen LogP contribution in [0.4, 0.5) is 5.69 Å². The van der Waals surface area contributed by atoms with Gasteiger partial charge in [-0.05, 0) is 13.0 Å². The van der Waals surface area contributed by atoms with E-state index in [1.54, 1.807) is 30.2 Å². The van der Waals surface area contributed by atoms with Crippen molar-refractivity contribution in [3.8, 4) is 0 Å². The summed E-state index contributed by atoms with van der Waals surface area (Å²) >= 11 is 0. The van der Waals surface area contributed by atoms with E-state index in [1.807, 2.05) is 6.92 Å². The summed E-state index contributed by atoms with van der Waals surface area (Å²) in [4.78, 5) is 23.3. The molecule has 0 aliphatic rings. The van der Waals surface area contributed by atoms with Crippen molar-refractivity contribution in [1.82, 2.24) is 14.3 Å². The van der Waals surface area contributed by atoms with Crippen molar-refractivity contribution in [2.75, 3.05) is 5.32 Å². The Morgan fingerprint density at radius 1 is 1.39 bits per heavy atom. The maximum Gasteiger partial charge on any atom is 0.258 e. The standard InChI is InChI=1S/C12H14N4O2/c1-3-16-8-10(4-5-11(16)17)14-12(18)9-6-13-15(2)7-9/h4-8H,3H2,1-2H3,(H,14,18). The number of carbonyl (C=O) groups is 1. The van der Waals surface area contributed by atoms with Crippen molar-refractivity contribution < 1.29 is 4.79 Å². The second-order valence-corrected chi connectivity index (χ2v) is 3.90. The van der Waals surface area contributed by atoms with E-state index in [4.69, 9.17) is 0 Å². The predicted molar refractivity (Wildman–Crippen MR) is 67.5 cm³/mol. The van der Waals surface area contributed by atoms with Crippen LogP contribution >= 0.6 is 0 Å². The van der Waals surface area contributed by atoms with Crippen LogP contribution in [0.25, 0.3) is 0 Å². The van der Waals surface area contributed by atoms with Crippen LogP contribution in [0, 0.1) is 0 Å². The number of nitrogens with zero attached hydrogens (tertiary/aromatic N) is 3. The SMILES string of the molecule is CCn1cc(NC(=O)c2cnn(C)c2)ccc1=O. The van der Waals surface area contributed by atoms with Gasteiger partial charge in [-0.2, -0.15) is 5.10 Å². The normalized spacial score (nSPS) is 10.3. The van der Waals surface area contributed by atoms with Crippen LogP contribution < -0.4 is 10.9 Å². The maximum atomic E-state index is 11.9. The third-order valence-electron chi connectivity index (χ3n) is 2.55. The molecule has 2 heterocycles. The first-order valence-electron chi connectivity index (χ1n) is 5.60. The average Bonchev–Trinajstić information content (AvgIpc) is 2.78. The number of hydrogen-bond donors (Lipinski definition) is 1. The molecular weight excluding hydrogens is 232 g/mol. The Morgan fingerprint density at radius 2 is 2.17 bits per heavy atom. The number of amides is 1. The summed E-state index contributed by atoms with van der Waals surface area (Å²) in [6, 6.07) is 3.02. The molecule has 0 aromatic carbocycles. The lowest BCUT2D eigenvalue weighted by Gasteiger charge is -2.06. The van der Waals surface area contributed by atoms with Gasteiger partial charge in [0.05, 0.1) is 17.4 Å². The van der Waals surface area contributed by atoms with Crippen molar-refractivity contribution in [3.05, 3.63) is 46.6 Å². The number of anilines is 1. The molecule has 2 aromatic heterocycles. The van der Waals surface area contributed by atoms with Gasteiger partial charge < -0.3 is 9.88 Å². The predicted octanol–water partition coefficient (Wildman–Crippen LogP) is 0.854. The molecule has 0 aliphatic heterocycles. The van der Waals surface area contributed by atoms with Crippen molar-refractivity contribution >= 4 is 11.6 Å². The van der Waals surface area contributed by atoms with E-state index in [0.29, 0.717) is 17.8 Å². The van der Waals surface area contributed by atoms with Crippen LogP contribution in [0.2, 0.25) is 0 Å². The van der Waals surface area contributed by atoms with E-state index < -0.39 is 0 Å². The quantitative estimate of drug-likeness (QED) is 0.873. The van der Waals surface area contributed by atoms with E-state index in [2.05, 4.69) is 10.4 Å². The largest absolute Gasteiger partial charge is 0.321 e. The van der Waals surface area contributed by atoms with E-state index in [9.17, 15) is 9.59 Å². The minimum Gasteiger partial charge on any atom is -0.321 e. The number of nitrogens with one attached hydrogen (secondary N) is 1. The Labute approximate surface area is 104 Å². The molecule has 0 aliphatic carbocycles. The van der Waals surface area contributed by atoms with Crippen LogP contribution in [-0.2, 0) is 13.6 Å². The molecule has 0 radical (unpaired) electrons. The molecule has 0 unspecified atom stereocenters. The van der Waals surface area contributed by atoms with Crippen molar-refractivity contribution in [1.29, 1.82) is 0 Å². The van der Waals surface area contributed by atoms with Gasteiger partial charge in [0.25, 0.3) is 11.5 Å². The minimum absolute atomic E-state index is 0.0862. The number of rotatable bonds is 3. The first-order valence-corrected chi connectivity index (χ1v) is 5.60. The molecule has 0 atom stereocenters. The second kappa shape index (κ2) is 4.87. The highest BCUT2D eigenvalue weighted by Crippen LogP contribution is 2.06. The Balaban J connectivity index is 2.19. The van der Waals surface area contributed by atoms with Gasteiger partial charge in [0.2, 0.25) is 0 Å². The van der Waals surface area contributed by atoms with Gasteiger partial charge in [-0.3, -0.25) is 14.3 Å². The lowest BCUT2D eigenvalue weighted by Crippen LogP contribution is -2.19. The van der Waals surface area contributed by atoms with Crippen LogP contribution in [0.3, 0.4) is 0 Å². The van der Waals surface area contributed by atoms with E-state index in [1.165, 1.54) is 16.8 Å². The van der Waals surface area contributed by atoms with Crippen LogP contribution in [0.15, 0.2) is 35.5 Å². The van der Waals surface area contributed by atoms with Gasteiger partial charge in [0, 0.05) is 32.1 Å². The molecule has 2 aromatic rings. The van der Waals surface area contributed by atoms with Crippen LogP contribution in [0.1, 0.15) is 17.3 Å². The van der Waals surface area contributed by atoms with Gasteiger partial charge in [-0.15, -0.1) is 0 Å². The third-order valence-corrected chi connectivity index (χ3v) is 2.55. The Hall–Kier alpha value is -2.37. The van der Waals surface area contributed by atoms with Gasteiger partial charge in [0.1, 0.15) is 0 Å². The fourth-order valence-corrected chi connectivity index (χ4v) is 1.59. The Kier molecular flexibility index (Phi) is 3.27. The number of aryl methyl sites for hydroxylation is 2.